The lowest BCUT2D eigenvalue weighted by molar-refractivity contribution is 0.619. The Bertz CT molecular complexity index is 775. The van der Waals surface area contributed by atoms with Crippen molar-refractivity contribution in [2.75, 3.05) is 0 Å². The predicted molar refractivity (Wildman–Crippen MR) is 69.0 cm³/mol. The minimum Gasteiger partial charge on any atom is -0.464 e. The first kappa shape index (κ1) is 8.76. The van der Waals surface area contributed by atoms with Gasteiger partial charge in [-0.2, -0.15) is 0 Å². The summed E-state index contributed by atoms with van der Waals surface area (Å²) in [6, 6.07) is 14.3. The first-order valence-corrected chi connectivity index (χ1v) is 5.58. The van der Waals surface area contributed by atoms with E-state index in [-0.39, 0.29) is 0 Å². The summed E-state index contributed by atoms with van der Waals surface area (Å²) in [7, 11) is 0. The number of rotatable bonds is 0. The number of furan rings is 1. The molecule has 0 aliphatic carbocycles. The van der Waals surface area contributed by atoms with Gasteiger partial charge in [0, 0.05) is 22.4 Å². The summed E-state index contributed by atoms with van der Waals surface area (Å²) >= 11 is 0. The highest BCUT2D eigenvalue weighted by Crippen LogP contribution is 2.33. The molecule has 0 bridgehead atoms. The molecule has 0 atom stereocenters. The smallest absolute Gasteiger partial charge is 0.143 e. The fourth-order valence-electron chi connectivity index (χ4n) is 2.46. The van der Waals surface area contributed by atoms with Crippen molar-refractivity contribution in [2.24, 2.45) is 0 Å². The van der Waals surface area contributed by atoms with Gasteiger partial charge in [-0.1, -0.05) is 30.3 Å². The van der Waals surface area contributed by atoms with Crippen LogP contribution in [0.15, 0.2) is 59.3 Å². The van der Waals surface area contributed by atoms with Gasteiger partial charge in [0.2, 0.25) is 0 Å². The third-order valence-electron chi connectivity index (χ3n) is 3.19. The molecule has 0 unspecified atom stereocenters. The van der Waals surface area contributed by atoms with Crippen molar-refractivity contribution in [3.05, 3.63) is 54.9 Å². The van der Waals surface area contributed by atoms with Crippen LogP contribution in [0.1, 0.15) is 0 Å². The zero-order chi connectivity index (χ0) is 11.2. The summed E-state index contributed by atoms with van der Waals surface area (Å²) in [6.07, 6.45) is 3.55. The Kier molecular flexibility index (Phi) is 1.59. The highest BCUT2D eigenvalue weighted by molar-refractivity contribution is 6.22. The molecule has 4 rings (SSSR count). The molecular weight excluding hydrogens is 210 g/mol. The molecule has 0 aliphatic rings. The largest absolute Gasteiger partial charge is 0.464 e. The number of pyridine rings is 1. The molecule has 0 N–H and O–H groups in total. The minimum absolute atomic E-state index is 0.923. The Morgan fingerprint density at radius 1 is 0.765 bits per heavy atom. The van der Waals surface area contributed by atoms with E-state index >= 15 is 0 Å². The summed E-state index contributed by atoms with van der Waals surface area (Å²) in [5, 5.41) is 4.60. The van der Waals surface area contributed by atoms with Crippen molar-refractivity contribution in [3.63, 3.8) is 0 Å². The fourth-order valence-corrected chi connectivity index (χ4v) is 2.46. The molecule has 4 aromatic rings. The van der Waals surface area contributed by atoms with Crippen LogP contribution in [0.25, 0.3) is 32.6 Å². The van der Waals surface area contributed by atoms with Gasteiger partial charge in [-0.15, -0.1) is 0 Å². The number of hydrogen-bond donors (Lipinski definition) is 0. The second kappa shape index (κ2) is 3.08. The highest BCUT2D eigenvalue weighted by atomic mass is 16.3. The first-order chi connectivity index (χ1) is 8.45. The predicted octanol–water partition coefficient (Wildman–Crippen LogP) is 4.13. The van der Waals surface area contributed by atoms with E-state index in [4.69, 9.17) is 4.42 Å². The van der Waals surface area contributed by atoms with E-state index in [0.717, 1.165) is 21.9 Å². The summed E-state index contributed by atoms with van der Waals surface area (Å²) in [5.74, 6) is 0. The lowest BCUT2D eigenvalue weighted by Crippen LogP contribution is -1.82. The van der Waals surface area contributed by atoms with Gasteiger partial charge < -0.3 is 4.42 Å². The Hall–Kier alpha value is -2.35. The Morgan fingerprint density at radius 2 is 1.59 bits per heavy atom. The molecule has 0 radical (unpaired) electrons. The highest BCUT2D eigenvalue weighted by Gasteiger charge is 2.10. The quantitative estimate of drug-likeness (QED) is 0.415. The Morgan fingerprint density at radius 3 is 2.53 bits per heavy atom. The molecule has 2 heteroatoms. The van der Waals surface area contributed by atoms with E-state index in [1.54, 1.807) is 6.26 Å². The zero-order valence-electron chi connectivity index (χ0n) is 9.05. The Balaban J connectivity index is 2.48. The molecule has 0 aliphatic heterocycles. The minimum atomic E-state index is 0.923. The maximum atomic E-state index is 5.60. The molecule has 2 nitrogen and oxygen atoms in total. The van der Waals surface area contributed by atoms with Gasteiger partial charge in [0.05, 0.1) is 11.8 Å². The van der Waals surface area contributed by atoms with Crippen molar-refractivity contribution < 1.29 is 4.42 Å². The summed E-state index contributed by atoms with van der Waals surface area (Å²) in [5.41, 5.74) is 1.93. The topological polar surface area (TPSA) is 26.0 Å². The lowest BCUT2D eigenvalue weighted by atomic mass is 10.0. The lowest BCUT2D eigenvalue weighted by Gasteiger charge is -2.04. The van der Waals surface area contributed by atoms with Gasteiger partial charge in [0.15, 0.2) is 0 Å². The van der Waals surface area contributed by atoms with E-state index in [1.165, 1.54) is 10.8 Å². The zero-order valence-corrected chi connectivity index (χ0v) is 9.05. The second-order valence-electron chi connectivity index (χ2n) is 4.11. The van der Waals surface area contributed by atoms with Crippen molar-refractivity contribution in [3.8, 4) is 0 Å². The Labute approximate surface area is 97.5 Å². The van der Waals surface area contributed by atoms with E-state index < -0.39 is 0 Å². The summed E-state index contributed by atoms with van der Waals surface area (Å²) in [6.45, 7) is 0. The van der Waals surface area contributed by atoms with Gasteiger partial charge in [-0.25, -0.2) is 0 Å². The van der Waals surface area contributed by atoms with Crippen molar-refractivity contribution in [1.29, 1.82) is 0 Å². The van der Waals surface area contributed by atoms with E-state index in [0.29, 0.717) is 0 Å². The fraction of sp³-hybridized carbons (Fsp3) is 0. The van der Waals surface area contributed by atoms with E-state index in [9.17, 15) is 0 Å². The molecule has 0 saturated heterocycles. The molecule has 0 saturated carbocycles. The summed E-state index contributed by atoms with van der Waals surface area (Å²) < 4.78 is 5.60. The molecule has 17 heavy (non-hydrogen) atoms. The van der Waals surface area contributed by atoms with E-state index in [2.05, 4.69) is 23.2 Å². The molecule has 2 aromatic heterocycles. The number of benzene rings is 2. The molecule has 2 aromatic carbocycles. The van der Waals surface area contributed by atoms with Gasteiger partial charge in [-0.05, 0) is 17.5 Å². The number of fused-ring (bicyclic) bond motifs is 6. The van der Waals surface area contributed by atoms with Crippen LogP contribution in [0.5, 0.6) is 0 Å². The van der Waals surface area contributed by atoms with Crippen LogP contribution in [-0.4, -0.2) is 4.98 Å². The van der Waals surface area contributed by atoms with Gasteiger partial charge >= 0.3 is 0 Å². The number of aromatic nitrogens is 1. The third kappa shape index (κ3) is 1.07. The van der Waals surface area contributed by atoms with Crippen molar-refractivity contribution >= 4 is 32.6 Å². The van der Waals surface area contributed by atoms with Crippen LogP contribution in [-0.2, 0) is 0 Å². The maximum Gasteiger partial charge on any atom is 0.143 e. The number of nitrogens with zero attached hydrogens (tertiary/aromatic N) is 1. The van der Waals surface area contributed by atoms with Gasteiger partial charge in [0.1, 0.15) is 5.58 Å². The monoisotopic (exact) mass is 219 g/mol. The van der Waals surface area contributed by atoms with Crippen LogP contribution in [0, 0.1) is 0 Å². The molecule has 2 heterocycles. The maximum absolute atomic E-state index is 5.60. The van der Waals surface area contributed by atoms with Gasteiger partial charge in [-0.3, -0.25) is 4.98 Å². The first-order valence-electron chi connectivity index (χ1n) is 5.58. The van der Waals surface area contributed by atoms with Crippen LogP contribution in [0.3, 0.4) is 0 Å². The average Bonchev–Trinajstić information content (AvgIpc) is 2.89. The second-order valence-corrected chi connectivity index (χ2v) is 4.11. The molecular formula is C15H9NO. The SMILES string of the molecule is c1ccc2c(c1)c1cccnc1c1ccoc21. The van der Waals surface area contributed by atoms with E-state index in [1.807, 2.05) is 30.5 Å². The summed E-state index contributed by atoms with van der Waals surface area (Å²) in [4.78, 5) is 4.47. The normalized spacial score (nSPS) is 11.5. The van der Waals surface area contributed by atoms with Crippen LogP contribution in [0.4, 0.5) is 0 Å². The molecule has 80 valence electrons. The number of hydrogen-bond acceptors (Lipinski definition) is 2. The molecule has 0 fully saturated rings. The standard InChI is InChI=1S/C15H9NO/c1-2-5-12-10(4-1)11-6-3-8-16-14(11)13-7-9-17-15(12)13/h1-9H. The molecule has 0 amide bonds. The van der Waals surface area contributed by atoms with Gasteiger partial charge in [0.25, 0.3) is 0 Å². The van der Waals surface area contributed by atoms with Crippen molar-refractivity contribution in [2.45, 2.75) is 0 Å². The van der Waals surface area contributed by atoms with Crippen LogP contribution >= 0.6 is 0 Å². The molecule has 0 spiro atoms. The average molecular weight is 219 g/mol. The third-order valence-corrected chi connectivity index (χ3v) is 3.19. The van der Waals surface area contributed by atoms with Crippen LogP contribution in [0.2, 0.25) is 0 Å². The van der Waals surface area contributed by atoms with Crippen LogP contribution < -0.4 is 0 Å². The van der Waals surface area contributed by atoms with Crippen molar-refractivity contribution in [1.82, 2.24) is 4.98 Å².